The predicted molar refractivity (Wildman–Crippen MR) is 123 cm³/mol. The molecular formula is C25H26N4O3. The molecule has 7 nitrogen and oxygen atoms in total. The van der Waals surface area contributed by atoms with Gasteiger partial charge in [0.1, 0.15) is 23.6 Å². The Morgan fingerprint density at radius 2 is 1.75 bits per heavy atom. The molecule has 1 aromatic heterocycles. The monoisotopic (exact) mass is 430 g/mol. The van der Waals surface area contributed by atoms with Crippen molar-refractivity contribution in [3.8, 4) is 28.7 Å². The smallest absolute Gasteiger partial charge is 0.247 e. The minimum atomic E-state index is -0.459. The minimum absolute atomic E-state index is 0.439. The van der Waals surface area contributed by atoms with Gasteiger partial charge in [0.15, 0.2) is 5.60 Å². The molecule has 0 bridgehead atoms. The van der Waals surface area contributed by atoms with Gasteiger partial charge in [-0.3, -0.25) is 4.99 Å². The molecule has 2 heterocycles. The Bertz CT molecular complexity index is 1100. The molecule has 0 amide bonds. The van der Waals surface area contributed by atoms with Crippen LogP contribution in [0.25, 0.3) is 11.5 Å². The summed E-state index contributed by atoms with van der Waals surface area (Å²) in [6.45, 7) is 2.60. The van der Waals surface area contributed by atoms with Crippen molar-refractivity contribution in [2.45, 2.75) is 44.6 Å². The van der Waals surface area contributed by atoms with Crippen LogP contribution in [0.3, 0.4) is 0 Å². The third-order valence-electron chi connectivity index (χ3n) is 6.23. The molecule has 0 N–H and O–H groups in total. The Hall–Kier alpha value is -3.48. The van der Waals surface area contributed by atoms with Crippen molar-refractivity contribution in [2.75, 3.05) is 6.54 Å². The molecule has 0 spiro atoms. The van der Waals surface area contributed by atoms with Gasteiger partial charge in [-0.1, -0.05) is 19.3 Å². The molecule has 0 saturated heterocycles. The maximum absolute atomic E-state index is 6.52. The highest BCUT2D eigenvalue weighted by Crippen LogP contribution is 2.37. The molecule has 2 aliphatic rings. The molecular weight excluding hydrogens is 404 g/mol. The van der Waals surface area contributed by atoms with Crippen LogP contribution in [0.4, 0.5) is 0 Å². The Kier molecular flexibility index (Phi) is 5.71. The number of aromatic nitrogens is 2. The summed E-state index contributed by atoms with van der Waals surface area (Å²) in [5.41, 5.74) is 1.43. The second-order valence-electron chi connectivity index (χ2n) is 8.42. The minimum Gasteiger partial charge on any atom is -0.479 e. The van der Waals surface area contributed by atoms with Crippen LogP contribution in [0.5, 0.6) is 17.2 Å². The van der Waals surface area contributed by atoms with Crippen LogP contribution in [-0.4, -0.2) is 34.9 Å². The second kappa shape index (κ2) is 8.94. The summed E-state index contributed by atoms with van der Waals surface area (Å²) in [5, 5.41) is 7.71. The molecule has 1 atom stereocenters. The standard InChI is InChI=1S/C25H26N4O3/c1-18-13-22(11-12-23(18)24-29-28-17-30-24)31-20-7-9-21(10-8-20)32-25(14-26-16-27-15-25)19-5-3-2-4-6-19/h7-14,16-17,19H,2-6,15H2,1H3. The van der Waals surface area contributed by atoms with E-state index in [0.717, 1.165) is 41.2 Å². The number of hydrogen-bond donors (Lipinski definition) is 0. The normalized spacial score (nSPS) is 20.9. The second-order valence-corrected chi connectivity index (χ2v) is 8.42. The van der Waals surface area contributed by atoms with Crippen LogP contribution < -0.4 is 9.47 Å². The van der Waals surface area contributed by atoms with E-state index in [4.69, 9.17) is 13.9 Å². The number of rotatable bonds is 6. The molecule has 1 fully saturated rings. The fourth-order valence-electron chi connectivity index (χ4n) is 4.56. The van der Waals surface area contributed by atoms with Gasteiger partial charge in [-0.2, -0.15) is 0 Å². The van der Waals surface area contributed by atoms with Crippen LogP contribution in [-0.2, 0) is 0 Å². The first kappa shape index (κ1) is 20.4. The average Bonchev–Trinajstić information content (AvgIpc) is 3.36. The Balaban J connectivity index is 1.29. The van der Waals surface area contributed by atoms with Crippen LogP contribution in [0.1, 0.15) is 37.7 Å². The third kappa shape index (κ3) is 4.28. The van der Waals surface area contributed by atoms with E-state index >= 15 is 0 Å². The SMILES string of the molecule is Cc1cc(Oc2ccc(OC3(C4CCCCC4)C=NC=NC3)cc2)ccc1-c1nnco1. The Morgan fingerprint density at radius 1 is 0.969 bits per heavy atom. The fourth-order valence-corrected chi connectivity index (χ4v) is 4.56. The number of nitrogens with zero attached hydrogens (tertiary/aromatic N) is 4. The summed E-state index contributed by atoms with van der Waals surface area (Å²) in [6.07, 6.45) is 11.0. The number of hydrogen-bond acceptors (Lipinski definition) is 7. The Morgan fingerprint density at radius 3 is 2.44 bits per heavy atom. The maximum Gasteiger partial charge on any atom is 0.247 e. The molecule has 5 rings (SSSR count). The van der Waals surface area contributed by atoms with E-state index in [1.54, 1.807) is 6.34 Å². The van der Waals surface area contributed by atoms with Crippen LogP contribution in [0.15, 0.2) is 63.3 Å². The highest BCUT2D eigenvalue weighted by atomic mass is 16.5. The largest absolute Gasteiger partial charge is 0.479 e. The summed E-state index contributed by atoms with van der Waals surface area (Å²) in [7, 11) is 0. The quantitative estimate of drug-likeness (QED) is 0.505. The van der Waals surface area contributed by atoms with E-state index in [2.05, 4.69) is 20.2 Å². The molecule has 164 valence electrons. The Labute approximate surface area is 187 Å². The van der Waals surface area contributed by atoms with Crippen molar-refractivity contribution in [2.24, 2.45) is 15.9 Å². The van der Waals surface area contributed by atoms with Crippen LogP contribution >= 0.6 is 0 Å². The molecule has 7 heteroatoms. The molecule has 32 heavy (non-hydrogen) atoms. The first-order chi connectivity index (χ1) is 15.7. The molecule has 1 aliphatic carbocycles. The summed E-state index contributed by atoms with van der Waals surface area (Å²) < 4.78 is 17.9. The highest BCUT2D eigenvalue weighted by molar-refractivity contribution is 5.82. The zero-order valence-electron chi connectivity index (χ0n) is 18.1. The maximum atomic E-state index is 6.52. The molecule has 1 aliphatic heterocycles. The average molecular weight is 431 g/mol. The van der Waals surface area contributed by atoms with E-state index < -0.39 is 5.60 Å². The molecule has 3 aromatic rings. The lowest BCUT2D eigenvalue weighted by Crippen LogP contribution is -2.50. The summed E-state index contributed by atoms with van der Waals surface area (Å²) >= 11 is 0. The molecule has 2 aromatic carbocycles. The van der Waals surface area contributed by atoms with E-state index in [1.807, 2.05) is 55.6 Å². The predicted octanol–water partition coefficient (Wildman–Crippen LogP) is 5.65. The zero-order valence-corrected chi connectivity index (χ0v) is 18.1. The van der Waals surface area contributed by atoms with E-state index in [9.17, 15) is 0 Å². The summed E-state index contributed by atoms with van der Waals surface area (Å²) in [4.78, 5) is 8.75. The summed E-state index contributed by atoms with van der Waals surface area (Å²) in [5.74, 6) is 3.22. The van der Waals surface area contributed by atoms with Crippen molar-refractivity contribution in [3.05, 3.63) is 54.4 Å². The van der Waals surface area contributed by atoms with Gasteiger partial charge in [0, 0.05) is 11.5 Å². The van der Waals surface area contributed by atoms with Crippen molar-refractivity contribution >= 4 is 12.6 Å². The van der Waals surface area contributed by atoms with E-state index in [1.165, 1.54) is 25.7 Å². The van der Waals surface area contributed by atoms with Gasteiger partial charge in [-0.05, 0) is 67.8 Å². The lowest BCUT2D eigenvalue weighted by atomic mass is 9.77. The van der Waals surface area contributed by atoms with Gasteiger partial charge in [-0.15, -0.1) is 10.2 Å². The van der Waals surface area contributed by atoms with E-state index in [0.29, 0.717) is 18.4 Å². The molecule has 1 unspecified atom stereocenters. The molecule has 0 radical (unpaired) electrons. The highest BCUT2D eigenvalue weighted by Gasteiger charge is 2.41. The third-order valence-corrected chi connectivity index (χ3v) is 6.23. The first-order valence-electron chi connectivity index (χ1n) is 11.1. The topological polar surface area (TPSA) is 82.1 Å². The van der Waals surface area contributed by atoms with Crippen LogP contribution in [0.2, 0.25) is 0 Å². The molecule has 1 saturated carbocycles. The lowest BCUT2D eigenvalue weighted by molar-refractivity contribution is 0.0648. The van der Waals surface area contributed by atoms with Crippen LogP contribution in [0, 0.1) is 12.8 Å². The van der Waals surface area contributed by atoms with Crippen molar-refractivity contribution in [1.82, 2.24) is 10.2 Å². The first-order valence-corrected chi connectivity index (χ1v) is 11.1. The van der Waals surface area contributed by atoms with Crippen molar-refractivity contribution in [3.63, 3.8) is 0 Å². The van der Waals surface area contributed by atoms with Gasteiger partial charge in [-0.25, -0.2) is 4.99 Å². The van der Waals surface area contributed by atoms with E-state index in [-0.39, 0.29) is 0 Å². The van der Waals surface area contributed by atoms with Gasteiger partial charge in [0.25, 0.3) is 0 Å². The van der Waals surface area contributed by atoms with Gasteiger partial charge in [0.05, 0.1) is 12.8 Å². The number of aryl methyl sites for hydroxylation is 1. The van der Waals surface area contributed by atoms with Crippen molar-refractivity contribution < 1.29 is 13.9 Å². The lowest BCUT2D eigenvalue weighted by Gasteiger charge is -2.39. The number of ether oxygens (including phenoxy) is 2. The van der Waals surface area contributed by atoms with Gasteiger partial charge in [0.2, 0.25) is 12.3 Å². The fraction of sp³-hybridized carbons (Fsp3) is 0.360. The van der Waals surface area contributed by atoms with Gasteiger partial charge < -0.3 is 13.9 Å². The van der Waals surface area contributed by atoms with Gasteiger partial charge >= 0.3 is 0 Å². The number of aliphatic imine (C=N–C) groups is 2. The number of benzene rings is 2. The zero-order chi connectivity index (χ0) is 21.8. The van der Waals surface area contributed by atoms with Crippen molar-refractivity contribution in [1.29, 1.82) is 0 Å². The summed E-state index contributed by atoms with van der Waals surface area (Å²) in [6, 6.07) is 13.5.